The topological polar surface area (TPSA) is 51.0 Å². The lowest BCUT2D eigenvalue weighted by atomic mass is 9.91. The molecule has 9 aromatic carbocycles. The molecule has 13 rings (SSSR count). The lowest BCUT2D eigenvalue weighted by molar-refractivity contribution is 0.666. The monoisotopic (exact) mass is 728 g/mol. The van der Waals surface area contributed by atoms with Gasteiger partial charge in [0.1, 0.15) is 22.3 Å². The van der Waals surface area contributed by atoms with Gasteiger partial charge in [0.2, 0.25) is 0 Å². The first-order valence-corrected chi connectivity index (χ1v) is 19.7. The summed E-state index contributed by atoms with van der Waals surface area (Å²) in [6.07, 6.45) is 0.881. The first kappa shape index (κ1) is 31.0. The summed E-state index contributed by atoms with van der Waals surface area (Å²) >= 11 is 0. The highest BCUT2D eigenvalue weighted by Crippen LogP contribution is 2.60. The molecule has 57 heavy (non-hydrogen) atoms. The third-order valence-corrected chi connectivity index (χ3v) is 12.6. The summed E-state index contributed by atoms with van der Waals surface area (Å²) in [5.41, 5.74) is 9.78. The highest BCUT2D eigenvalue weighted by Gasteiger charge is 2.60. The van der Waals surface area contributed by atoms with Gasteiger partial charge in [-0.15, -0.1) is 0 Å². The molecule has 4 nitrogen and oxygen atoms in total. The average Bonchev–Trinajstić information content (AvgIpc) is 3.75. The molecule has 0 saturated heterocycles. The van der Waals surface area contributed by atoms with Crippen molar-refractivity contribution in [2.45, 2.75) is 12.0 Å². The smallest absolute Gasteiger partial charge is 0.155 e. The Hall–Kier alpha value is -7.30. The maximum atomic E-state index is 6.61. The second-order valence-electron chi connectivity index (χ2n) is 15.6. The molecule has 0 spiro atoms. The van der Waals surface area contributed by atoms with Crippen molar-refractivity contribution in [2.75, 3.05) is 0 Å². The SMILES string of the molecule is c1ccc(C2=NC3(c4ccc5oc6cc(-c7ccc8c9ccccc9c9ccccc9c8c7)ccc6c5c4)CC3C(c3cccc4oc5ccccc5c34)=N2)cc1. The molecule has 3 heterocycles. The van der Waals surface area contributed by atoms with Crippen LogP contribution in [0.15, 0.2) is 195 Å². The van der Waals surface area contributed by atoms with Crippen molar-refractivity contribution < 1.29 is 8.83 Å². The van der Waals surface area contributed by atoms with Crippen molar-refractivity contribution in [3.05, 3.63) is 193 Å². The van der Waals surface area contributed by atoms with Crippen molar-refractivity contribution in [3.8, 4) is 11.1 Å². The minimum absolute atomic E-state index is 0.132. The van der Waals surface area contributed by atoms with Gasteiger partial charge in [-0.25, -0.2) is 4.99 Å². The van der Waals surface area contributed by atoms with E-state index in [0.717, 1.165) is 78.5 Å². The van der Waals surface area contributed by atoms with E-state index in [-0.39, 0.29) is 5.92 Å². The average molecular weight is 729 g/mol. The first-order chi connectivity index (χ1) is 28.2. The summed E-state index contributed by atoms with van der Waals surface area (Å²) in [6.45, 7) is 0. The second kappa shape index (κ2) is 11.4. The number of rotatable bonds is 4. The quantitative estimate of drug-likeness (QED) is 0.169. The molecule has 11 aromatic rings. The molecule has 1 aliphatic carbocycles. The lowest BCUT2D eigenvalue weighted by Crippen LogP contribution is -2.23. The molecular formula is C53H32N2O2. The molecule has 1 saturated carbocycles. The number of fused-ring (bicyclic) bond motifs is 13. The Kier molecular flexibility index (Phi) is 6.18. The van der Waals surface area contributed by atoms with Crippen LogP contribution < -0.4 is 0 Å². The number of aliphatic imine (C=N–C) groups is 2. The third-order valence-electron chi connectivity index (χ3n) is 12.6. The number of hydrogen-bond donors (Lipinski definition) is 0. The Labute approximate surface area is 327 Å². The number of amidine groups is 1. The molecule has 2 aliphatic rings. The number of benzene rings is 9. The number of hydrogen-bond acceptors (Lipinski definition) is 4. The highest BCUT2D eigenvalue weighted by atomic mass is 16.3. The molecular weight excluding hydrogens is 697 g/mol. The van der Waals surface area contributed by atoms with Crippen molar-refractivity contribution in [3.63, 3.8) is 0 Å². The Morgan fingerprint density at radius 1 is 0.421 bits per heavy atom. The summed E-state index contributed by atoms with van der Waals surface area (Å²) in [6, 6.07) is 62.7. The molecule has 2 aromatic heterocycles. The molecule has 0 bridgehead atoms. The fraction of sp³-hybridized carbons (Fsp3) is 0.0566. The maximum Gasteiger partial charge on any atom is 0.155 e. The van der Waals surface area contributed by atoms with Crippen molar-refractivity contribution >= 4 is 87.7 Å². The fourth-order valence-electron chi connectivity index (χ4n) is 9.75. The summed E-state index contributed by atoms with van der Waals surface area (Å²) in [5.74, 6) is 0.898. The zero-order valence-corrected chi connectivity index (χ0v) is 30.7. The van der Waals surface area contributed by atoms with Crippen LogP contribution in [0.4, 0.5) is 0 Å². The van der Waals surface area contributed by atoms with Gasteiger partial charge in [-0.3, -0.25) is 4.99 Å². The Morgan fingerprint density at radius 2 is 1.04 bits per heavy atom. The number of para-hydroxylation sites is 1. The maximum absolute atomic E-state index is 6.61. The summed E-state index contributed by atoms with van der Waals surface area (Å²) in [7, 11) is 0. The molecule has 266 valence electrons. The van der Waals surface area contributed by atoms with Crippen molar-refractivity contribution in [1.82, 2.24) is 0 Å². The largest absolute Gasteiger partial charge is 0.456 e. The van der Waals surface area contributed by atoms with Crippen LogP contribution in [0.3, 0.4) is 0 Å². The first-order valence-electron chi connectivity index (χ1n) is 19.7. The van der Waals surface area contributed by atoms with E-state index in [1.165, 1.54) is 43.4 Å². The van der Waals surface area contributed by atoms with E-state index in [9.17, 15) is 0 Å². The minimum atomic E-state index is -0.431. The van der Waals surface area contributed by atoms with Gasteiger partial charge in [-0.1, -0.05) is 133 Å². The van der Waals surface area contributed by atoms with Gasteiger partial charge in [0.15, 0.2) is 5.84 Å². The van der Waals surface area contributed by atoms with Gasteiger partial charge in [0, 0.05) is 38.6 Å². The zero-order chi connectivity index (χ0) is 37.2. The van der Waals surface area contributed by atoms with Gasteiger partial charge >= 0.3 is 0 Å². The molecule has 4 heteroatoms. The predicted molar refractivity (Wildman–Crippen MR) is 235 cm³/mol. The summed E-state index contributed by atoms with van der Waals surface area (Å²) < 4.78 is 12.9. The van der Waals surface area contributed by atoms with E-state index in [1.54, 1.807) is 0 Å². The summed E-state index contributed by atoms with van der Waals surface area (Å²) in [5, 5.41) is 12.1. The molecule has 0 radical (unpaired) electrons. The summed E-state index contributed by atoms with van der Waals surface area (Å²) in [4.78, 5) is 10.8. The van der Waals surface area contributed by atoms with Gasteiger partial charge in [-0.05, 0) is 97.9 Å². The third kappa shape index (κ3) is 4.44. The minimum Gasteiger partial charge on any atom is -0.456 e. The second-order valence-corrected chi connectivity index (χ2v) is 15.6. The molecule has 0 amide bonds. The van der Waals surface area contributed by atoms with Crippen LogP contribution in [-0.4, -0.2) is 11.5 Å². The van der Waals surface area contributed by atoms with E-state index in [2.05, 4.69) is 158 Å². The van der Waals surface area contributed by atoms with Crippen LogP contribution in [0, 0.1) is 5.92 Å². The molecule has 1 aliphatic heterocycles. The van der Waals surface area contributed by atoms with E-state index in [0.29, 0.717) is 0 Å². The van der Waals surface area contributed by atoms with Crippen LogP contribution >= 0.6 is 0 Å². The molecule has 1 fully saturated rings. The Morgan fingerprint density at radius 3 is 1.82 bits per heavy atom. The number of furan rings is 2. The normalized spacial score (nSPS) is 17.9. The Bertz CT molecular complexity index is 3540. The molecule has 2 atom stereocenters. The predicted octanol–water partition coefficient (Wildman–Crippen LogP) is 13.8. The van der Waals surface area contributed by atoms with Gasteiger partial charge in [0.05, 0.1) is 11.3 Å². The van der Waals surface area contributed by atoms with Gasteiger partial charge < -0.3 is 8.83 Å². The van der Waals surface area contributed by atoms with Gasteiger partial charge in [-0.2, -0.15) is 0 Å². The van der Waals surface area contributed by atoms with Crippen molar-refractivity contribution in [1.29, 1.82) is 0 Å². The van der Waals surface area contributed by atoms with E-state index < -0.39 is 5.54 Å². The van der Waals surface area contributed by atoms with Crippen LogP contribution in [0.25, 0.3) is 87.3 Å². The van der Waals surface area contributed by atoms with Crippen molar-refractivity contribution in [2.24, 2.45) is 15.9 Å². The highest BCUT2D eigenvalue weighted by molar-refractivity contribution is 6.26. The molecule has 2 unspecified atom stereocenters. The van der Waals surface area contributed by atoms with Crippen LogP contribution in [-0.2, 0) is 5.54 Å². The van der Waals surface area contributed by atoms with Gasteiger partial charge in [0.25, 0.3) is 0 Å². The van der Waals surface area contributed by atoms with Crippen LogP contribution in [0.2, 0.25) is 0 Å². The zero-order valence-electron chi connectivity index (χ0n) is 30.7. The molecule has 0 N–H and O–H groups in total. The van der Waals surface area contributed by atoms with E-state index in [1.807, 2.05) is 18.2 Å². The van der Waals surface area contributed by atoms with E-state index in [4.69, 9.17) is 18.8 Å². The number of nitrogens with zero attached hydrogens (tertiary/aromatic N) is 2. The van der Waals surface area contributed by atoms with Crippen LogP contribution in [0.5, 0.6) is 0 Å². The van der Waals surface area contributed by atoms with E-state index >= 15 is 0 Å². The van der Waals surface area contributed by atoms with Crippen LogP contribution in [0.1, 0.15) is 23.1 Å². The fourth-order valence-corrected chi connectivity index (χ4v) is 9.75. The standard InChI is InChI=1S/C53H32N2O2/c1-2-11-31(12-3-1)52-54-51(42-18-10-20-48-50(42)41-17-8-9-19-46(41)56-48)45-30-53(45,55-52)34-23-26-47-44(29-34)40-25-22-33(28-49(40)57-47)32-21-24-39-37-15-5-4-13-35(37)36-14-6-7-16-38(36)43(39)27-32/h1-29,45H,30H2. The Balaban J connectivity index is 0.935. The lowest BCUT2D eigenvalue weighted by Gasteiger charge is -2.21.